The van der Waals surface area contributed by atoms with Gasteiger partial charge in [-0.25, -0.2) is 0 Å². The zero-order chi connectivity index (χ0) is 21.4. The molecular weight excluding hydrogens is 370 g/mol. The Morgan fingerprint density at radius 3 is 2.03 bits per heavy atom. The Kier molecular flexibility index (Phi) is 7.53. The molecule has 0 atom stereocenters. The molecule has 6 heteroatoms. The SMILES string of the molecule is CCOc1ccc(C(=O)NCC(=O)OCC(=O)c2ccc(C(C)(C)C)cc2)cc1. The molecule has 0 aliphatic heterocycles. The van der Waals surface area contributed by atoms with Gasteiger partial charge in [0.25, 0.3) is 5.91 Å². The number of ketones is 1. The third kappa shape index (κ3) is 6.75. The predicted octanol–water partition coefficient (Wildman–Crippen LogP) is 3.54. The number of ether oxygens (including phenoxy) is 2. The standard InChI is InChI=1S/C23H27NO5/c1-5-28-19-12-8-17(9-13-19)22(27)24-14-21(26)29-15-20(25)16-6-10-18(11-7-16)23(2,3)4/h6-13H,5,14-15H2,1-4H3,(H,24,27). The molecule has 0 aliphatic carbocycles. The van der Waals surface area contributed by atoms with Crippen LogP contribution in [0.4, 0.5) is 0 Å². The quantitative estimate of drug-likeness (QED) is 0.544. The lowest BCUT2D eigenvalue weighted by Crippen LogP contribution is -2.31. The van der Waals surface area contributed by atoms with Crippen molar-refractivity contribution in [3.63, 3.8) is 0 Å². The van der Waals surface area contributed by atoms with E-state index in [4.69, 9.17) is 9.47 Å². The first kappa shape index (κ1) is 22.1. The number of benzene rings is 2. The van der Waals surface area contributed by atoms with E-state index in [1.165, 1.54) is 0 Å². The van der Waals surface area contributed by atoms with Gasteiger partial charge in [-0.05, 0) is 42.2 Å². The van der Waals surface area contributed by atoms with Gasteiger partial charge >= 0.3 is 5.97 Å². The zero-order valence-electron chi connectivity index (χ0n) is 17.3. The summed E-state index contributed by atoms with van der Waals surface area (Å²) in [4.78, 5) is 36.1. The first-order valence-electron chi connectivity index (χ1n) is 9.51. The molecule has 0 radical (unpaired) electrons. The molecule has 0 heterocycles. The topological polar surface area (TPSA) is 81.7 Å². The Bertz CT molecular complexity index is 848. The Balaban J connectivity index is 1.79. The van der Waals surface area contributed by atoms with E-state index in [-0.39, 0.29) is 24.3 Å². The van der Waals surface area contributed by atoms with Crippen molar-refractivity contribution in [1.82, 2.24) is 5.32 Å². The molecule has 1 amide bonds. The van der Waals surface area contributed by atoms with Gasteiger partial charge in [0.2, 0.25) is 0 Å². The number of carbonyl (C=O) groups excluding carboxylic acids is 3. The first-order valence-corrected chi connectivity index (χ1v) is 9.51. The molecule has 2 aromatic rings. The van der Waals surface area contributed by atoms with E-state index >= 15 is 0 Å². The molecule has 0 saturated heterocycles. The summed E-state index contributed by atoms with van der Waals surface area (Å²) in [6, 6.07) is 13.8. The van der Waals surface area contributed by atoms with Crippen molar-refractivity contribution in [2.75, 3.05) is 19.8 Å². The van der Waals surface area contributed by atoms with E-state index in [0.29, 0.717) is 23.5 Å². The Morgan fingerprint density at radius 1 is 0.897 bits per heavy atom. The monoisotopic (exact) mass is 397 g/mol. The van der Waals surface area contributed by atoms with E-state index in [2.05, 4.69) is 26.1 Å². The smallest absolute Gasteiger partial charge is 0.325 e. The molecule has 0 aromatic heterocycles. The van der Waals surface area contributed by atoms with Gasteiger partial charge in [0.1, 0.15) is 12.3 Å². The third-order valence-electron chi connectivity index (χ3n) is 4.26. The van der Waals surface area contributed by atoms with Crippen LogP contribution in [0.2, 0.25) is 0 Å². The molecule has 0 fully saturated rings. The molecule has 0 saturated carbocycles. The summed E-state index contributed by atoms with van der Waals surface area (Å²) in [7, 11) is 0. The number of carbonyl (C=O) groups is 3. The van der Waals surface area contributed by atoms with Crippen molar-refractivity contribution in [2.45, 2.75) is 33.1 Å². The molecule has 0 unspecified atom stereocenters. The van der Waals surface area contributed by atoms with Crippen LogP contribution < -0.4 is 10.1 Å². The molecule has 2 aromatic carbocycles. The maximum atomic E-state index is 12.2. The Labute approximate surface area is 171 Å². The lowest BCUT2D eigenvalue weighted by Gasteiger charge is -2.18. The average Bonchev–Trinajstić information content (AvgIpc) is 2.70. The highest BCUT2D eigenvalue weighted by atomic mass is 16.5. The number of esters is 1. The van der Waals surface area contributed by atoms with Crippen LogP contribution in [0, 0.1) is 0 Å². The van der Waals surface area contributed by atoms with Crippen LogP contribution in [0.15, 0.2) is 48.5 Å². The van der Waals surface area contributed by atoms with Gasteiger partial charge in [0.05, 0.1) is 6.61 Å². The van der Waals surface area contributed by atoms with Gasteiger partial charge in [0.15, 0.2) is 12.4 Å². The highest BCUT2D eigenvalue weighted by molar-refractivity contribution is 5.98. The Hall–Kier alpha value is -3.15. The van der Waals surface area contributed by atoms with Crippen LogP contribution in [-0.2, 0) is 14.9 Å². The van der Waals surface area contributed by atoms with E-state index in [0.717, 1.165) is 5.56 Å². The molecule has 29 heavy (non-hydrogen) atoms. The van der Waals surface area contributed by atoms with Crippen molar-refractivity contribution >= 4 is 17.7 Å². The lowest BCUT2D eigenvalue weighted by atomic mass is 9.86. The van der Waals surface area contributed by atoms with Crippen LogP contribution in [0.3, 0.4) is 0 Å². The molecule has 154 valence electrons. The second-order valence-electron chi connectivity index (χ2n) is 7.55. The first-order chi connectivity index (χ1) is 13.7. The second-order valence-corrected chi connectivity index (χ2v) is 7.55. The lowest BCUT2D eigenvalue weighted by molar-refractivity contribution is -0.141. The number of Topliss-reactive ketones (excluding diaryl/α,β-unsaturated/α-hetero) is 1. The molecule has 0 bridgehead atoms. The number of amides is 1. The summed E-state index contributed by atoms with van der Waals surface area (Å²) in [5, 5.41) is 2.47. The number of hydrogen-bond donors (Lipinski definition) is 1. The fourth-order valence-corrected chi connectivity index (χ4v) is 2.56. The molecule has 2 rings (SSSR count). The minimum atomic E-state index is -0.677. The Morgan fingerprint density at radius 2 is 1.48 bits per heavy atom. The minimum Gasteiger partial charge on any atom is -0.494 e. The summed E-state index contributed by atoms with van der Waals surface area (Å²) in [6.07, 6.45) is 0. The second kappa shape index (κ2) is 9.87. The maximum Gasteiger partial charge on any atom is 0.325 e. The van der Waals surface area contributed by atoms with Crippen molar-refractivity contribution in [2.24, 2.45) is 0 Å². The highest BCUT2D eigenvalue weighted by Crippen LogP contribution is 2.22. The minimum absolute atomic E-state index is 0.00437. The van der Waals surface area contributed by atoms with E-state index < -0.39 is 11.9 Å². The summed E-state index contributed by atoms with van der Waals surface area (Å²) in [5.41, 5.74) is 1.99. The van der Waals surface area contributed by atoms with Crippen LogP contribution in [0.25, 0.3) is 0 Å². The summed E-state index contributed by atoms with van der Waals surface area (Å²) >= 11 is 0. The number of hydrogen-bond acceptors (Lipinski definition) is 5. The van der Waals surface area contributed by atoms with Gasteiger partial charge < -0.3 is 14.8 Å². The average molecular weight is 397 g/mol. The van der Waals surface area contributed by atoms with Gasteiger partial charge in [-0.1, -0.05) is 45.0 Å². The predicted molar refractivity (Wildman–Crippen MR) is 110 cm³/mol. The zero-order valence-corrected chi connectivity index (χ0v) is 17.3. The normalized spacial score (nSPS) is 10.9. The van der Waals surface area contributed by atoms with Crippen LogP contribution in [0.1, 0.15) is 54.0 Å². The van der Waals surface area contributed by atoms with Gasteiger partial charge in [-0.2, -0.15) is 0 Å². The van der Waals surface area contributed by atoms with Gasteiger partial charge in [-0.15, -0.1) is 0 Å². The van der Waals surface area contributed by atoms with Crippen molar-refractivity contribution in [3.8, 4) is 5.75 Å². The molecular formula is C23H27NO5. The van der Waals surface area contributed by atoms with Crippen LogP contribution >= 0.6 is 0 Å². The molecule has 6 nitrogen and oxygen atoms in total. The van der Waals surface area contributed by atoms with Crippen LogP contribution in [0.5, 0.6) is 5.75 Å². The van der Waals surface area contributed by atoms with Crippen molar-refractivity contribution in [1.29, 1.82) is 0 Å². The summed E-state index contributed by atoms with van der Waals surface area (Å²) in [5.74, 6) is -0.716. The van der Waals surface area contributed by atoms with Gasteiger partial charge in [-0.3, -0.25) is 14.4 Å². The summed E-state index contributed by atoms with van der Waals surface area (Å²) < 4.78 is 10.3. The van der Waals surface area contributed by atoms with Crippen LogP contribution in [-0.4, -0.2) is 37.4 Å². The third-order valence-corrected chi connectivity index (χ3v) is 4.26. The van der Waals surface area contributed by atoms with E-state index in [1.807, 2.05) is 19.1 Å². The number of nitrogens with one attached hydrogen (secondary N) is 1. The molecule has 0 spiro atoms. The number of rotatable bonds is 8. The van der Waals surface area contributed by atoms with E-state index in [9.17, 15) is 14.4 Å². The highest BCUT2D eigenvalue weighted by Gasteiger charge is 2.15. The fraction of sp³-hybridized carbons (Fsp3) is 0.348. The van der Waals surface area contributed by atoms with E-state index in [1.54, 1.807) is 36.4 Å². The molecule has 1 N–H and O–H groups in total. The van der Waals surface area contributed by atoms with Gasteiger partial charge in [0, 0.05) is 11.1 Å². The maximum absolute atomic E-state index is 12.2. The molecule has 0 aliphatic rings. The largest absolute Gasteiger partial charge is 0.494 e. The fourth-order valence-electron chi connectivity index (χ4n) is 2.56. The van der Waals surface area contributed by atoms with Crippen molar-refractivity contribution in [3.05, 3.63) is 65.2 Å². The summed E-state index contributed by atoms with van der Waals surface area (Å²) in [6.45, 7) is 8.00. The van der Waals surface area contributed by atoms with Crippen molar-refractivity contribution < 1.29 is 23.9 Å².